The van der Waals surface area contributed by atoms with Crippen molar-refractivity contribution in [1.29, 1.82) is 5.26 Å². The van der Waals surface area contributed by atoms with Crippen molar-refractivity contribution in [3.05, 3.63) is 28.9 Å². The molecule has 1 saturated heterocycles. The molecule has 250 valence electrons. The van der Waals surface area contributed by atoms with Crippen molar-refractivity contribution in [2.45, 2.75) is 56.7 Å². The molecule has 1 aliphatic heterocycles. The minimum absolute atomic E-state index is 0.00927. The van der Waals surface area contributed by atoms with Crippen LogP contribution < -0.4 is 9.47 Å². The second-order valence-electron chi connectivity index (χ2n) is 12.1. The van der Waals surface area contributed by atoms with E-state index in [2.05, 4.69) is 25.7 Å². The van der Waals surface area contributed by atoms with E-state index in [9.17, 15) is 18.8 Å². The van der Waals surface area contributed by atoms with Crippen molar-refractivity contribution in [2.75, 3.05) is 58.9 Å². The summed E-state index contributed by atoms with van der Waals surface area (Å²) in [5.74, 6) is -2.41. The first kappa shape index (κ1) is 35.9. The zero-order valence-electron chi connectivity index (χ0n) is 26.8. The molecular formula is C31H40ClF2N5O5SSi. The molecule has 0 radical (unpaired) electrons. The molecule has 1 aromatic carbocycles. The highest BCUT2D eigenvalue weighted by atomic mass is 35.5. The van der Waals surface area contributed by atoms with E-state index >= 15 is 0 Å². The normalized spacial score (nSPS) is 14.8. The molecule has 4 rings (SSSR count). The van der Waals surface area contributed by atoms with Gasteiger partial charge in [-0.3, -0.25) is 9.69 Å². The maximum absolute atomic E-state index is 13.7. The molecule has 3 heterocycles. The number of likely N-dealkylation sites (tertiary alicyclic amines) is 1. The standard InChI is InChI=1S/C31H40ClF2N5O5SSi/c1-6-43-26(40)19-45-30-36-28(27-21(17-35)18-39(29(27)37-30)10-11-42-13-14-46(3,4)5)22-15-25(24(41-2)16-23(22)32)44-12-9-38-8-7-31(33,34)20-38/h15-16,18H,6-14,19-20H2,1-5H3. The van der Waals surface area contributed by atoms with Gasteiger partial charge in [0.15, 0.2) is 16.7 Å². The van der Waals surface area contributed by atoms with E-state index in [1.54, 1.807) is 30.2 Å². The average Bonchev–Trinajstić information content (AvgIpc) is 3.54. The van der Waals surface area contributed by atoms with E-state index in [0.717, 1.165) is 17.8 Å². The lowest BCUT2D eigenvalue weighted by Crippen LogP contribution is -2.29. The van der Waals surface area contributed by atoms with Crippen LogP contribution in [-0.2, 0) is 20.8 Å². The van der Waals surface area contributed by atoms with Gasteiger partial charge in [0.05, 0.1) is 54.3 Å². The minimum atomic E-state index is -2.69. The Hall–Kier alpha value is -2.96. The largest absolute Gasteiger partial charge is 0.493 e. The minimum Gasteiger partial charge on any atom is -0.493 e. The Kier molecular flexibility index (Phi) is 12.3. The number of hydrogen-bond donors (Lipinski definition) is 0. The lowest BCUT2D eigenvalue weighted by atomic mass is 10.1. The first-order valence-electron chi connectivity index (χ1n) is 15.1. The van der Waals surface area contributed by atoms with E-state index in [0.29, 0.717) is 77.4 Å². The van der Waals surface area contributed by atoms with Gasteiger partial charge in [-0.05, 0) is 19.0 Å². The van der Waals surface area contributed by atoms with Crippen LogP contribution in [-0.4, -0.2) is 98.3 Å². The quantitative estimate of drug-likeness (QED) is 0.0552. The van der Waals surface area contributed by atoms with Crippen molar-refractivity contribution in [3.8, 4) is 28.8 Å². The molecule has 0 aliphatic carbocycles. The number of aromatic nitrogens is 3. The molecule has 0 N–H and O–H groups in total. The fraction of sp³-hybridized carbons (Fsp3) is 0.548. The van der Waals surface area contributed by atoms with E-state index in [4.69, 9.17) is 40.5 Å². The van der Waals surface area contributed by atoms with E-state index < -0.39 is 20.0 Å². The fourth-order valence-electron chi connectivity index (χ4n) is 4.92. The van der Waals surface area contributed by atoms with Crippen LogP contribution in [0.5, 0.6) is 11.5 Å². The first-order valence-corrected chi connectivity index (χ1v) is 20.2. The number of alkyl halides is 2. The number of hydrogen-bond acceptors (Lipinski definition) is 10. The molecule has 0 atom stereocenters. The molecule has 0 bridgehead atoms. The third kappa shape index (κ3) is 9.54. The third-order valence-corrected chi connectivity index (χ3v) is 10.2. The number of benzene rings is 1. The summed E-state index contributed by atoms with van der Waals surface area (Å²) in [5.41, 5.74) is 1.67. The van der Waals surface area contributed by atoms with Crippen LogP contribution in [0.3, 0.4) is 0 Å². The van der Waals surface area contributed by atoms with Gasteiger partial charge < -0.3 is 23.5 Å². The number of nitrogens with zero attached hydrogens (tertiary/aromatic N) is 5. The van der Waals surface area contributed by atoms with Crippen molar-refractivity contribution >= 4 is 48.4 Å². The summed E-state index contributed by atoms with van der Waals surface area (Å²) < 4.78 is 51.7. The molecule has 3 aromatic rings. The number of carbonyl (C=O) groups is 1. The molecule has 0 amide bonds. The number of carbonyl (C=O) groups excluding carboxylic acids is 1. The molecule has 0 spiro atoms. The van der Waals surface area contributed by atoms with Gasteiger partial charge in [-0.1, -0.05) is 43.0 Å². The molecule has 15 heteroatoms. The zero-order valence-corrected chi connectivity index (χ0v) is 29.4. The summed E-state index contributed by atoms with van der Waals surface area (Å²) in [6.07, 6.45) is 1.54. The summed E-state index contributed by atoms with van der Waals surface area (Å²) in [5, 5.41) is 11.2. The van der Waals surface area contributed by atoms with Gasteiger partial charge >= 0.3 is 5.97 Å². The maximum Gasteiger partial charge on any atom is 0.316 e. The van der Waals surface area contributed by atoms with Gasteiger partial charge in [-0.25, -0.2) is 18.7 Å². The molecule has 10 nitrogen and oxygen atoms in total. The van der Waals surface area contributed by atoms with Crippen LogP contribution in [0.15, 0.2) is 23.5 Å². The molecule has 1 fully saturated rings. The maximum atomic E-state index is 13.7. The number of esters is 1. The Morgan fingerprint density at radius 2 is 1.96 bits per heavy atom. The molecular weight excluding hydrogens is 656 g/mol. The van der Waals surface area contributed by atoms with Gasteiger partial charge in [0.25, 0.3) is 5.92 Å². The van der Waals surface area contributed by atoms with Crippen molar-refractivity contribution in [2.24, 2.45) is 0 Å². The Morgan fingerprint density at radius 3 is 2.61 bits per heavy atom. The van der Waals surface area contributed by atoms with Crippen LogP contribution in [0.25, 0.3) is 22.3 Å². The molecule has 0 saturated carbocycles. The summed E-state index contributed by atoms with van der Waals surface area (Å²) in [7, 11) is 0.231. The lowest BCUT2D eigenvalue weighted by Gasteiger charge is -2.18. The second-order valence-corrected chi connectivity index (χ2v) is 19.1. The topological polar surface area (TPSA) is 112 Å². The van der Waals surface area contributed by atoms with Crippen LogP contribution in [0.4, 0.5) is 8.78 Å². The van der Waals surface area contributed by atoms with Crippen LogP contribution in [0.1, 0.15) is 18.9 Å². The smallest absolute Gasteiger partial charge is 0.316 e. The molecule has 2 aromatic heterocycles. The van der Waals surface area contributed by atoms with Crippen LogP contribution >= 0.6 is 23.4 Å². The third-order valence-electron chi connectivity index (χ3n) is 7.34. The van der Waals surface area contributed by atoms with Gasteiger partial charge in [-0.15, -0.1) is 0 Å². The van der Waals surface area contributed by atoms with Gasteiger partial charge in [0.2, 0.25) is 0 Å². The molecule has 46 heavy (non-hydrogen) atoms. The Morgan fingerprint density at radius 1 is 1.17 bits per heavy atom. The SMILES string of the molecule is CCOC(=O)CSc1nc(-c2cc(OCCN3CCC(F)(F)C3)c(OC)cc2Cl)c2c(C#N)cn(CCOCC[Si](C)(C)C)c2n1. The van der Waals surface area contributed by atoms with Crippen molar-refractivity contribution < 1.29 is 32.5 Å². The van der Waals surface area contributed by atoms with Gasteiger partial charge in [-0.2, -0.15) is 5.26 Å². The van der Waals surface area contributed by atoms with Crippen molar-refractivity contribution in [1.82, 2.24) is 19.4 Å². The summed E-state index contributed by atoms with van der Waals surface area (Å²) >= 11 is 7.90. The van der Waals surface area contributed by atoms with E-state index in [1.165, 1.54) is 7.11 Å². The van der Waals surface area contributed by atoms with Gasteiger partial charge in [0.1, 0.15) is 18.3 Å². The van der Waals surface area contributed by atoms with E-state index in [-0.39, 0.29) is 37.0 Å². The Balaban J connectivity index is 1.70. The number of ether oxygens (including phenoxy) is 4. The second kappa shape index (κ2) is 15.8. The monoisotopic (exact) mass is 695 g/mol. The predicted molar refractivity (Wildman–Crippen MR) is 177 cm³/mol. The van der Waals surface area contributed by atoms with Crippen molar-refractivity contribution in [3.63, 3.8) is 0 Å². The number of rotatable bonds is 16. The number of methoxy groups -OCH3 is 1. The summed E-state index contributed by atoms with van der Waals surface area (Å²) in [6.45, 7) is 10.8. The first-order chi connectivity index (χ1) is 21.8. The lowest BCUT2D eigenvalue weighted by molar-refractivity contribution is -0.139. The highest BCUT2D eigenvalue weighted by Crippen LogP contribution is 2.41. The molecule has 1 aliphatic rings. The average molecular weight is 696 g/mol. The van der Waals surface area contributed by atoms with E-state index in [1.807, 2.05) is 4.57 Å². The number of fused-ring (bicyclic) bond motifs is 1. The summed E-state index contributed by atoms with van der Waals surface area (Å²) in [4.78, 5) is 23.3. The summed E-state index contributed by atoms with van der Waals surface area (Å²) in [6, 6.07) is 6.55. The predicted octanol–water partition coefficient (Wildman–Crippen LogP) is 6.36. The van der Waals surface area contributed by atoms with Crippen LogP contribution in [0.2, 0.25) is 30.7 Å². The molecule has 0 unspecified atom stereocenters. The van der Waals surface area contributed by atoms with Crippen LogP contribution in [0, 0.1) is 11.3 Å². The Bertz CT molecular complexity index is 1580. The number of nitriles is 1. The zero-order chi connectivity index (χ0) is 33.5. The highest BCUT2D eigenvalue weighted by molar-refractivity contribution is 7.99. The number of thioether (sulfide) groups is 1. The van der Waals surface area contributed by atoms with Gasteiger partial charge in [0, 0.05) is 58.6 Å². The fourth-order valence-corrected chi connectivity index (χ4v) is 6.56. The highest BCUT2D eigenvalue weighted by Gasteiger charge is 2.37. The Labute approximate surface area is 278 Å². The number of halogens is 3.